The molecule has 2 aliphatic rings. The zero-order chi connectivity index (χ0) is 24.9. The number of allylic oxidation sites excluding steroid dienone is 1. The molecule has 3 aromatic rings. The Morgan fingerprint density at radius 2 is 2.03 bits per heavy atom. The number of phenols is 1. The van der Waals surface area contributed by atoms with E-state index in [1.807, 2.05) is 24.3 Å². The molecule has 0 radical (unpaired) electrons. The van der Waals surface area contributed by atoms with Gasteiger partial charge in [-0.05, 0) is 61.5 Å². The molecule has 3 N–H and O–H groups in total. The summed E-state index contributed by atoms with van der Waals surface area (Å²) in [6.45, 7) is 4.57. The first-order chi connectivity index (χ1) is 17.5. The van der Waals surface area contributed by atoms with E-state index in [9.17, 15) is 9.90 Å². The van der Waals surface area contributed by atoms with Crippen molar-refractivity contribution in [3.8, 4) is 16.3 Å². The van der Waals surface area contributed by atoms with E-state index >= 15 is 0 Å². The molecule has 0 spiro atoms. The predicted octanol–water partition coefficient (Wildman–Crippen LogP) is 3.71. The van der Waals surface area contributed by atoms with Crippen molar-refractivity contribution in [1.29, 1.82) is 0 Å². The van der Waals surface area contributed by atoms with E-state index < -0.39 is 0 Å². The second-order valence-electron chi connectivity index (χ2n) is 9.05. The Labute approximate surface area is 215 Å². The number of rotatable bonds is 7. The van der Waals surface area contributed by atoms with Crippen molar-refractivity contribution < 1.29 is 9.90 Å². The van der Waals surface area contributed by atoms with Crippen molar-refractivity contribution >= 4 is 23.2 Å². The molecule has 5 rings (SSSR count). The summed E-state index contributed by atoms with van der Waals surface area (Å²) in [4.78, 5) is 28.1. The zero-order valence-corrected chi connectivity index (χ0v) is 21.0. The van der Waals surface area contributed by atoms with Crippen molar-refractivity contribution in [2.75, 3.05) is 38.5 Å². The Morgan fingerprint density at radius 1 is 1.17 bits per heavy atom. The van der Waals surface area contributed by atoms with Gasteiger partial charge in [0.25, 0.3) is 5.91 Å². The lowest BCUT2D eigenvalue weighted by atomic mass is 10.1. The number of hydrogen-bond donors (Lipinski definition) is 3. The van der Waals surface area contributed by atoms with Crippen LogP contribution in [0, 0.1) is 0 Å². The quantitative estimate of drug-likeness (QED) is 0.453. The Balaban J connectivity index is 1.22. The van der Waals surface area contributed by atoms with Gasteiger partial charge in [0, 0.05) is 44.6 Å². The van der Waals surface area contributed by atoms with Gasteiger partial charge in [0.2, 0.25) is 5.95 Å². The molecule has 1 aliphatic heterocycles. The summed E-state index contributed by atoms with van der Waals surface area (Å²) < 4.78 is 0. The second kappa shape index (κ2) is 10.9. The van der Waals surface area contributed by atoms with Crippen LogP contribution in [0.15, 0.2) is 72.6 Å². The normalized spacial score (nSPS) is 18.1. The van der Waals surface area contributed by atoms with Crippen molar-refractivity contribution in [2.24, 2.45) is 0 Å². The lowest BCUT2D eigenvalue weighted by molar-refractivity contribution is 0.0955. The third-order valence-corrected chi connectivity index (χ3v) is 7.44. The van der Waals surface area contributed by atoms with Gasteiger partial charge in [-0.2, -0.15) is 0 Å². The fraction of sp³-hybridized carbons (Fsp3) is 0.296. The van der Waals surface area contributed by atoms with E-state index in [0.717, 1.165) is 48.7 Å². The summed E-state index contributed by atoms with van der Waals surface area (Å²) in [6.07, 6.45) is 9.31. The molecular weight excluding hydrogens is 472 g/mol. The molecule has 1 unspecified atom stereocenters. The minimum absolute atomic E-state index is 0.127. The second-order valence-corrected chi connectivity index (χ2v) is 10.1. The lowest BCUT2D eigenvalue weighted by Crippen LogP contribution is -2.44. The molecule has 1 fully saturated rings. The van der Waals surface area contributed by atoms with Crippen LogP contribution in [-0.2, 0) is 6.54 Å². The van der Waals surface area contributed by atoms with Crippen LogP contribution in [0.5, 0.6) is 5.75 Å². The number of amides is 1. The van der Waals surface area contributed by atoms with Gasteiger partial charge in [0.05, 0.1) is 21.5 Å². The molecule has 0 bridgehead atoms. The van der Waals surface area contributed by atoms with Gasteiger partial charge in [0.1, 0.15) is 5.75 Å². The van der Waals surface area contributed by atoms with Crippen molar-refractivity contribution in [3.63, 3.8) is 0 Å². The number of piperazine rings is 1. The van der Waals surface area contributed by atoms with Gasteiger partial charge in [-0.1, -0.05) is 18.2 Å². The highest BCUT2D eigenvalue weighted by atomic mass is 32.1. The molecule has 0 saturated carbocycles. The summed E-state index contributed by atoms with van der Waals surface area (Å²) in [7, 11) is 2.16. The van der Waals surface area contributed by atoms with Gasteiger partial charge in [-0.15, -0.1) is 11.3 Å². The van der Waals surface area contributed by atoms with Gasteiger partial charge >= 0.3 is 0 Å². The average Bonchev–Trinajstić information content (AvgIpc) is 3.39. The third-order valence-electron chi connectivity index (χ3n) is 6.33. The summed E-state index contributed by atoms with van der Waals surface area (Å²) >= 11 is 1.39. The molecule has 36 heavy (non-hydrogen) atoms. The number of aromatic hydroxyl groups is 1. The number of benzene rings is 1. The first-order valence-electron chi connectivity index (χ1n) is 12.1. The zero-order valence-electron chi connectivity index (χ0n) is 20.2. The minimum Gasteiger partial charge on any atom is -0.508 e. The smallest absolute Gasteiger partial charge is 0.261 e. The average molecular weight is 503 g/mol. The van der Waals surface area contributed by atoms with Crippen molar-refractivity contribution in [3.05, 3.63) is 83.0 Å². The standard InChI is InChI=1S/C27H30N6O2S/c1-32-12-14-33(15-13-32)21-6-3-5-20(17-21)30-27-28-11-10-23(31-27)24-8-9-25(36-24)26(35)29-18-19-4-2-7-22(34)16-19/h2-4,6-11,16-17,20,34H,5,12-15,18H2,1H3,(H,29,35)(H,28,30,31). The Morgan fingerprint density at radius 3 is 2.86 bits per heavy atom. The Bertz CT molecular complexity index is 1280. The fourth-order valence-corrected chi connectivity index (χ4v) is 5.20. The molecule has 186 valence electrons. The van der Waals surface area contributed by atoms with E-state index in [2.05, 4.69) is 50.7 Å². The number of carbonyl (C=O) groups is 1. The number of aromatic nitrogens is 2. The Hall–Kier alpha value is -3.69. The molecule has 1 aliphatic carbocycles. The van der Waals surface area contributed by atoms with Gasteiger partial charge < -0.3 is 25.5 Å². The molecule has 2 aromatic heterocycles. The Kier molecular flexibility index (Phi) is 7.29. The fourth-order valence-electron chi connectivity index (χ4n) is 4.31. The molecule has 8 nitrogen and oxygen atoms in total. The predicted molar refractivity (Wildman–Crippen MR) is 143 cm³/mol. The highest BCUT2D eigenvalue weighted by Crippen LogP contribution is 2.27. The lowest BCUT2D eigenvalue weighted by Gasteiger charge is -2.36. The number of nitrogens with one attached hydrogen (secondary N) is 2. The summed E-state index contributed by atoms with van der Waals surface area (Å²) in [5.74, 6) is 0.603. The van der Waals surface area contributed by atoms with Crippen LogP contribution in [0.4, 0.5) is 5.95 Å². The number of carbonyl (C=O) groups excluding carboxylic acids is 1. The van der Waals surface area contributed by atoms with E-state index in [1.54, 1.807) is 24.4 Å². The first-order valence-corrected chi connectivity index (χ1v) is 12.9. The van der Waals surface area contributed by atoms with E-state index in [-0.39, 0.29) is 17.7 Å². The monoisotopic (exact) mass is 502 g/mol. The number of hydrogen-bond acceptors (Lipinski definition) is 8. The maximum atomic E-state index is 12.6. The first kappa shape index (κ1) is 24.0. The van der Waals surface area contributed by atoms with E-state index in [1.165, 1.54) is 17.0 Å². The number of anilines is 1. The summed E-state index contributed by atoms with van der Waals surface area (Å²) in [5, 5.41) is 16.0. The maximum absolute atomic E-state index is 12.6. The topological polar surface area (TPSA) is 93.6 Å². The van der Waals surface area contributed by atoms with Crippen LogP contribution < -0.4 is 10.6 Å². The van der Waals surface area contributed by atoms with E-state index in [4.69, 9.17) is 4.98 Å². The minimum atomic E-state index is -0.155. The summed E-state index contributed by atoms with van der Waals surface area (Å²) in [5.41, 5.74) is 2.87. The maximum Gasteiger partial charge on any atom is 0.261 e. The molecule has 9 heteroatoms. The molecular formula is C27H30N6O2S. The van der Waals surface area contributed by atoms with E-state index in [0.29, 0.717) is 17.4 Å². The SMILES string of the molecule is CN1CCN(C2=CC(Nc3nccc(-c4ccc(C(=O)NCc5cccc(O)c5)s4)n3)CC=C2)CC1. The molecule has 1 saturated heterocycles. The van der Waals surface area contributed by atoms with Gasteiger partial charge in [0.15, 0.2) is 0 Å². The molecule has 1 aromatic carbocycles. The summed E-state index contributed by atoms with van der Waals surface area (Å²) in [6, 6.07) is 12.6. The van der Waals surface area contributed by atoms with Crippen LogP contribution in [0.3, 0.4) is 0 Å². The molecule has 1 atom stereocenters. The largest absolute Gasteiger partial charge is 0.508 e. The van der Waals surface area contributed by atoms with Crippen LogP contribution in [-0.4, -0.2) is 70.1 Å². The number of nitrogens with zero attached hydrogens (tertiary/aromatic N) is 4. The van der Waals surface area contributed by atoms with Gasteiger partial charge in [-0.25, -0.2) is 9.97 Å². The number of thiophene rings is 1. The van der Waals surface area contributed by atoms with Crippen LogP contribution in [0.2, 0.25) is 0 Å². The van der Waals surface area contributed by atoms with Crippen LogP contribution in [0.1, 0.15) is 21.7 Å². The van der Waals surface area contributed by atoms with Crippen LogP contribution >= 0.6 is 11.3 Å². The molecule has 1 amide bonds. The highest BCUT2D eigenvalue weighted by Gasteiger charge is 2.19. The third kappa shape index (κ3) is 5.92. The molecule has 3 heterocycles. The van der Waals surface area contributed by atoms with Gasteiger partial charge in [-0.3, -0.25) is 4.79 Å². The number of likely N-dealkylation sites (N-methyl/N-ethyl adjacent to an activating group) is 1. The van der Waals surface area contributed by atoms with Crippen molar-refractivity contribution in [1.82, 2.24) is 25.1 Å². The van der Waals surface area contributed by atoms with Crippen molar-refractivity contribution in [2.45, 2.75) is 19.0 Å². The highest BCUT2D eigenvalue weighted by molar-refractivity contribution is 7.17. The number of phenolic OH excluding ortho intramolecular Hbond substituents is 1. The van der Waals surface area contributed by atoms with Crippen LogP contribution in [0.25, 0.3) is 10.6 Å².